The van der Waals surface area contributed by atoms with Crippen LogP contribution in [0.15, 0.2) is 0 Å². The molecular formula is C14H23NO4. The van der Waals surface area contributed by atoms with Crippen molar-refractivity contribution < 1.29 is 19.4 Å². The third-order valence-corrected chi connectivity index (χ3v) is 4.53. The second-order valence-electron chi connectivity index (χ2n) is 6.21. The number of carboxylic acids is 1. The number of piperidine rings is 1. The van der Waals surface area contributed by atoms with E-state index in [1.807, 2.05) is 20.8 Å². The van der Waals surface area contributed by atoms with Gasteiger partial charge in [0.2, 0.25) is 5.91 Å². The summed E-state index contributed by atoms with van der Waals surface area (Å²) in [5.74, 6) is -1.35. The number of carbonyl (C=O) groups is 2. The summed E-state index contributed by atoms with van der Waals surface area (Å²) < 4.78 is 5.72. The van der Waals surface area contributed by atoms with Crippen LogP contribution in [-0.4, -0.2) is 46.7 Å². The Morgan fingerprint density at radius 3 is 2.74 bits per heavy atom. The van der Waals surface area contributed by atoms with Crippen LogP contribution in [0.5, 0.6) is 0 Å². The molecule has 2 rings (SSSR count). The Labute approximate surface area is 113 Å². The van der Waals surface area contributed by atoms with E-state index in [1.165, 1.54) is 0 Å². The molecule has 4 atom stereocenters. The molecular weight excluding hydrogens is 246 g/mol. The van der Waals surface area contributed by atoms with Crippen LogP contribution in [0.4, 0.5) is 0 Å². The lowest BCUT2D eigenvalue weighted by molar-refractivity contribution is -0.157. The lowest BCUT2D eigenvalue weighted by atomic mass is 9.80. The molecule has 2 aliphatic heterocycles. The van der Waals surface area contributed by atoms with Crippen LogP contribution in [0.3, 0.4) is 0 Å². The normalized spacial score (nSPS) is 39.6. The predicted octanol–water partition coefficient (Wildman–Crippen LogP) is 1.51. The van der Waals surface area contributed by atoms with E-state index in [-0.39, 0.29) is 23.5 Å². The summed E-state index contributed by atoms with van der Waals surface area (Å²) in [5.41, 5.74) is -0.312. The average Bonchev–Trinajstić information content (AvgIpc) is 2.71. The number of rotatable bonds is 3. The molecule has 2 saturated heterocycles. The Morgan fingerprint density at radius 2 is 2.21 bits per heavy atom. The molecule has 4 unspecified atom stereocenters. The molecule has 0 radical (unpaired) electrons. The Bertz CT molecular complexity index is 376. The molecule has 19 heavy (non-hydrogen) atoms. The zero-order valence-corrected chi connectivity index (χ0v) is 11.9. The summed E-state index contributed by atoms with van der Waals surface area (Å²) in [6, 6.07) is -0.269. The van der Waals surface area contributed by atoms with Crippen LogP contribution in [0.25, 0.3) is 0 Å². The van der Waals surface area contributed by atoms with E-state index < -0.39 is 11.9 Å². The molecule has 0 spiro atoms. The highest BCUT2D eigenvalue weighted by Crippen LogP contribution is 2.34. The first-order valence-electron chi connectivity index (χ1n) is 7.00. The standard InChI is InChI=1S/C14H23NO4/c1-9-7-11(16)15(10(2)12(9)13(17)18)8-14(3)5-4-6-19-14/h9-10,12H,4-8H2,1-3H3,(H,17,18). The Balaban J connectivity index is 2.14. The first kappa shape index (κ1) is 14.3. The number of ether oxygens (including phenoxy) is 1. The predicted molar refractivity (Wildman–Crippen MR) is 69.7 cm³/mol. The molecule has 2 heterocycles. The second-order valence-corrected chi connectivity index (χ2v) is 6.21. The SMILES string of the molecule is CC1CC(=O)N(CC2(C)CCCO2)C(C)C1C(=O)O. The molecule has 0 saturated carbocycles. The Hall–Kier alpha value is -1.10. The fourth-order valence-electron chi connectivity index (χ4n) is 3.42. The maximum atomic E-state index is 12.2. The zero-order chi connectivity index (χ0) is 14.2. The van der Waals surface area contributed by atoms with Crippen molar-refractivity contribution in [1.82, 2.24) is 4.90 Å². The number of likely N-dealkylation sites (tertiary alicyclic amines) is 1. The highest BCUT2D eigenvalue weighted by Gasteiger charge is 2.44. The first-order valence-corrected chi connectivity index (χ1v) is 7.00. The van der Waals surface area contributed by atoms with Crippen molar-refractivity contribution in [2.75, 3.05) is 13.2 Å². The summed E-state index contributed by atoms with van der Waals surface area (Å²) in [5, 5.41) is 9.34. The fraction of sp³-hybridized carbons (Fsp3) is 0.857. The zero-order valence-electron chi connectivity index (χ0n) is 11.9. The van der Waals surface area contributed by atoms with Gasteiger partial charge in [0, 0.05) is 25.6 Å². The van der Waals surface area contributed by atoms with Gasteiger partial charge in [-0.15, -0.1) is 0 Å². The molecule has 108 valence electrons. The minimum atomic E-state index is -0.810. The van der Waals surface area contributed by atoms with E-state index in [1.54, 1.807) is 4.90 Å². The van der Waals surface area contributed by atoms with Crippen molar-refractivity contribution >= 4 is 11.9 Å². The molecule has 0 aliphatic carbocycles. The molecule has 1 N–H and O–H groups in total. The van der Waals surface area contributed by atoms with Crippen molar-refractivity contribution in [1.29, 1.82) is 0 Å². The number of carbonyl (C=O) groups excluding carboxylic acids is 1. The first-order chi connectivity index (χ1) is 8.84. The molecule has 2 fully saturated rings. The Morgan fingerprint density at radius 1 is 1.53 bits per heavy atom. The summed E-state index contributed by atoms with van der Waals surface area (Å²) in [4.78, 5) is 25.3. The van der Waals surface area contributed by atoms with Crippen LogP contribution < -0.4 is 0 Å². The minimum absolute atomic E-state index is 0.0502. The van der Waals surface area contributed by atoms with Crippen molar-refractivity contribution in [2.24, 2.45) is 11.8 Å². The number of hydrogen-bond acceptors (Lipinski definition) is 3. The van der Waals surface area contributed by atoms with E-state index in [4.69, 9.17) is 4.74 Å². The van der Waals surface area contributed by atoms with Crippen molar-refractivity contribution in [3.63, 3.8) is 0 Å². The molecule has 2 aliphatic rings. The lowest BCUT2D eigenvalue weighted by Crippen LogP contribution is -2.56. The van der Waals surface area contributed by atoms with Crippen molar-refractivity contribution in [3.05, 3.63) is 0 Å². The number of amides is 1. The topological polar surface area (TPSA) is 66.8 Å². The van der Waals surface area contributed by atoms with Crippen LogP contribution in [0.1, 0.15) is 40.0 Å². The number of hydrogen-bond donors (Lipinski definition) is 1. The van der Waals surface area contributed by atoms with Gasteiger partial charge in [0.05, 0.1) is 11.5 Å². The summed E-state index contributed by atoms with van der Waals surface area (Å²) in [6.07, 6.45) is 2.25. The number of nitrogens with zero attached hydrogens (tertiary/aromatic N) is 1. The van der Waals surface area contributed by atoms with Crippen LogP contribution in [0, 0.1) is 11.8 Å². The maximum absolute atomic E-state index is 12.2. The fourth-order valence-corrected chi connectivity index (χ4v) is 3.42. The molecule has 5 heteroatoms. The van der Waals surface area contributed by atoms with Gasteiger partial charge in [-0.3, -0.25) is 9.59 Å². The number of aliphatic carboxylic acids is 1. The van der Waals surface area contributed by atoms with Gasteiger partial charge in [0.25, 0.3) is 0 Å². The van der Waals surface area contributed by atoms with E-state index >= 15 is 0 Å². The molecule has 0 bridgehead atoms. The molecule has 0 aromatic rings. The van der Waals surface area contributed by atoms with E-state index in [2.05, 4.69) is 0 Å². The highest BCUT2D eigenvalue weighted by atomic mass is 16.5. The van der Waals surface area contributed by atoms with Crippen LogP contribution in [0.2, 0.25) is 0 Å². The molecule has 1 amide bonds. The van der Waals surface area contributed by atoms with Gasteiger partial charge in [-0.25, -0.2) is 0 Å². The van der Waals surface area contributed by atoms with Crippen molar-refractivity contribution in [3.8, 4) is 0 Å². The molecule has 0 aromatic carbocycles. The van der Waals surface area contributed by atoms with E-state index in [9.17, 15) is 14.7 Å². The largest absolute Gasteiger partial charge is 0.481 e. The van der Waals surface area contributed by atoms with Gasteiger partial charge in [-0.2, -0.15) is 0 Å². The summed E-state index contributed by atoms with van der Waals surface area (Å²) in [7, 11) is 0. The lowest BCUT2D eigenvalue weighted by Gasteiger charge is -2.43. The smallest absolute Gasteiger partial charge is 0.308 e. The highest BCUT2D eigenvalue weighted by molar-refractivity contribution is 5.82. The van der Waals surface area contributed by atoms with Gasteiger partial charge in [0.1, 0.15) is 0 Å². The van der Waals surface area contributed by atoms with E-state index in [0.717, 1.165) is 19.4 Å². The average molecular weight is 269 g/mol. The maximum Gasteiger partial charge on any atom is 0.308 e. The quantitative estimate of drug-likeness (QED) is 0.843. The van der Waals surface area contributed by atoms with Crippen molar-refractivity contribution in [2.45, 2.75) is 51.7 Å². The minimum Gasteiger partial charge on any atom is -0.481 e. The van der Waals surface area contributed by atoms with Gasteiger partial charge in [0.15, 0.2) is 0 Å². The Kier molecular flexibility index (Phi) is 3.85. The summed E-state index contributed by atoms with van der Waals surface area (Å²) in [6.45, 7) is 6.92. The monoisotopic (exact) mass is 269 g/mol. The third-order valence-electron chi connectivity index (χ3n) is 4.53. The second kappa shape index (κ2) is 5.12. The van der Waals surface area contributed by atoms with Crippen LogP contribution >= 0.6 is 0 Å². The van der Waals surface area contributed by atoms with Gasteiger partial charge >= 0.3 is 5.97 Å². The molecule has 0 aromatic heterocycles. The van der Waals surface area contributed by atoms with Crippen LogP contribution in [-0.2, 0) is 14.3 Å². The third kappa shape index (κ3) is 2.76. The summed E-state index contributed by atoms with van der Waals surface area (Å²) >= 11 is 0. The van der Waals surface area contributed by atoms with Gasteiger partial charge in [-0.05, 0) is 32.6 Å². The van der Waals surface area contributed by atoms with Gasteiger partial charge < -0.3 is 14.7 Å². The van der Waals surface area contributed by atoms with Gasteiger partial charge in [-0.1, -0.05) is 6.92 Å². The van der Waals surface area contributed by atoms with E-state index in [0.29, 0.717) is 13.0 Å². The molecule has 5 nitrogen and oxygen atoms in total. The number of carboxylic acid groups (broad SMARTS) is 1.